The van der Waals surface area contributed by atoms with Crippen molar-refractivity contribution >= 4 is 29.5 Å². The van der Waals surface area contributed by atoms with Crippen molar-refractivity contribution in [1.82, 2.24) is 26.6 Å². The molecular weight excluding hydrogens is 580 g/mol. The molecule has 5 rings (SSSR count). The summed E-state index contributed by atoms with van der Waals surface area (Å²) in [6, 6.07) is 8.97. The monoisotopic (exact) mass is 622 g/mol. The van der Waals surface area contributed by atoms with E-state index in [4.69, 9.17) is 14.9 Å². The first-order valence-corrected chi connectivity index (χ1v) is 15.3. The van der Waals surface area contributed by atoms with Gasteiger partial charge < -0.3 is 36.2 Å². The fourth-order valence-electron chi connectivity index (χ4n) is 5.46. The van der Waals surface area contributed by atoms with Crippen LogP contribution in [0.2, 0.25) is 0 Å². The van der Waals surface area contributed by atoms with E-state index in [1.165, 1.54) is 12.3 Å². The fraction of sp³-hybridized carbons (Fsp3) is 0.469. The number of rotatable bonds is 3. The first-order valence-electron chi connectivity index (χ1n) is 15.3. The van der Waals surface area contributed by atoms with Gasteiger partial charge in [0, 0.05) is 37.5 Å². The lowest BCUT2D eigenvalue weighted by Crippen LogP contribution is -2.50. The van der Waals surface area contributed by atoms with Crippen LogP contribution in [-0.4, -0.2) is 67.5 Å². The Labute approximate surface area is 262 Å². The van der Waals surface area contributed by atoms with E-state index >= 15 is 0 Å². The second-order valence-corrected chi connectivity index (χ2v) is 11.3. The van der Waals surface area contributed by atoms with Crippen LogP contribution in [-0.2, 0) is 48.1 Å². The largest absolute Gasteiger partial charge is 0.469 e. The number of benzene rings is 1. The lowest BCUT2D eigenvalue weighted by atomic mass is 9.85. The highest BCUT2D eigenvalue weighted by molar-refractivity contribution is 5.90. The molecule has 0 saturated heterocycles. The minimum Gasteiger partial charge on any atom is -0.469 e. The van der Waals surface area contributed by atoms with Gasteiger partial charge in [-0.2, -0.15) is 0 Å². The number of carbonyl (C=O) groups excluding carboxylic acids is 5. The molecule has 1 aromatic carbocycles. The molecule has 2 aromatic rings. The summed E-state index contributed by atoms with van der Waals surface area (Å²) in [5.41, 5.74) is 6.86. The van der Waals surface area contributed by atoms with Crippen molar-refractivity contribution in [1.29, 1.82) is 0 Å². The molecule has 242 valence electrons. The summed E-state index contributed by atoms with van der Waals surface area (Å²) in [4.78, 5) is 63.7. The number of nitrogens with two attached hydrogens (primary N) is 1. The molecular formula is C32H42N6O7. The summed E-state index contributed by atoms with van der Waals surface area (Å²) in [5.74, 6) is -1.73. The Kier molecular flexibility index (Phi) is 12.7. The number of amides is 5. The van der Waals surface area contributed by atoms with Crippen LogP contribution in [0, 0.1) is 5.92 Å². The molecule has 0 unspecified atom stereocenters. The number of carbonyl (C=O) groups is 5. The molecule has 2 atom stereocenters. The maximum atomic E-state index is 13.4. The summed E-state index contributed by atoms with van der Waals surface area (Å²) >= 11 is 0. The Hall–Kier alpha value is -4.49. The standard InChI is InChI=1S/C32H42N6O7/c33-30(41)26-13-14-34-28(39)8-4-15-44-20-36-24-11-9-21(10-12-24)31(42)38-27(18-25-7-3-16-45-25)32(43)35-19-23-6-2-1-5-22(23)17-29(40)37-26/h1-8,16,21,24,26-27,36H,9-15,17-20H2,(H2,33,41)(H,34,39)(H,35,43)(H,37,40)(H,38,42)/b8-4-/t21?,24?,26-,27-/m0/s1. The predicted octanol–water partition coefficient (Wildman–Crippen LogP) is 0.335. The van der Waals surface area contributed by atoms with Crippen molar-refractivity contribution in [3.8, 4) is 0 Å². The van der Waals surface area contributed by atoms with E-state index in [-0.39, 0.29) is 68.6 Å². The Morgan fingerprint density at radius 3 is 2.40 bits per heavy atom. The van der Waals surface area contributed by atoms with Crippen LogP contribution >= 0.6 is 0 Å². The van der Waals surface area contributed by atoms with Gasteiger partial charge in [0.2, 0.25) is 29.5 Å². The van der Waals surface area contributed by atoms with Crippen LogP contribution < -0.4 is 32.3 Å². The lowest BCUT2D eigenvalue weighted by Gasteiger charge is -2.29. The summed E-state index contributed by atoms with van der Waals surface area (Å²) in [6.07, 6.45) is 7.60. The van der Waals surface area contributed by atoms with Gasteiger partial charge in [0.15, 0.2) is 0 Å². The third-order valence-corrected chi connectivity index (χ3v) is 8.01. The molecule has 13 heteroatoms. The number of primary amides is 1. The van der Waals surface area contributed by atoms with E-state index in [9.17, 15) is 24.0 Å². The lowest BCUT2D eigenvalue weighted by molar-refractivity contribution is -0.132. The average Bonchev–Trinajstić information content (AvgIpc) is 3.54. The van der Waals surface area contributed by atoms with E-state index in [2.05, 4.69) is 26.6 Å². The van der Waals surface area contributed by atoms with Gasteiger partial charge in [-0.25, -0.2) is 0 Å². The van der Waals surface area contributed by atoms with Crippen LogP contribution in [0.1, 0.15) is 49.0 Å². The molecule has 3 aliphatic rings. The zero-order valence-electron chi connectivity index (χ0n) is 25.2. The third-order valence-electron chi connectivity index (χ3n) is 8.01. The van der Waals surface area contributed by atoms with Gasteiger partial charge in [-0.3, -0.25) is 29.3 Å². The number of fused-ring (bicyclic) bond motifs is 19. The number of nitrogens with one attached hydrogen (secondary N) is 5. The maximum absolute atomic E-state index is 13.4. The second kappa shape index (κ2) is 17.1. The van der Waals surface area contributed by atoms with Gasteiger partial charge in [0.1, 0.15) is 17.8 Å². The van der Waals surface area contributed by atoms with Gasteiger partial charge in [-0.1, -0.05) is 30.3 Å². The molecule has 0 radical (unpaired) electrons. The Bertz CT molecular complexity index is 1340. The molecule has 13 nitrogen and oxygen atoms in total. The van der Waals surface area contributed by atoms with Crippen LogP contribution in [0.5, 0.6) is 0 Å². The van der Waals surface area contributed by atoms with Gasteiger partial charge in [-0.15, -0.1) is 0 Å². The van der Waals surface area contributed by atoms with Crippen LogP contribution in [0.25, 0.3) is 0 Å². The Morgan fingerprint density at radius 1 is 0.889 bits per heavy atom. The SMILES string of the molecule is NC(=O)[C@@H]1CCNC(=O)/C=C\COCNC2CCC(CC2)C(=O)N[C@@H](Cc2ccco2)C(=O)NCc2ccccc2CC(=O)N1. The van der Waals surface area contributed by atoms with Crippen molar-refractivity contribution in [3.63, 3.8) is 0 Å². The normalized spacial score (nSPS) is 25.6. The number of hydrogen-bond acceptors (Lipinski definition) is 8. The molecule has 0 spiro atoms. The third kappa shape index (κ3) is 10.9. The van der Waals surface area contributed by atoms with E-state index in [0.29, 0.717) is 36.5 Å². The fourth-order valence-corrected chi connectivity index (χ4v) is 5.46. The summed E-state index contributed by atoms with van der Waals surface area (Å²) in [5, 5.41) is 14.5. The van der Waals surface area contributed by atoms with Crippen molar-refractivity contribution in [2.75, 3.05) is 19.9 Å². The van der Waals surface area contributed by atoms with Gasteiger partial charge in [-0.05, 0) is 55.4 Å². The molecule has 45 heavy (non-hydrogen) atoms. The molecule has 7 N–H and O–H groups in total. The van der Waals surface area contributed by atoms with Crippen LogP contribution in [0.3, 0.4) is 0 Å². The molecule has 5 amide bonds. The summed E-state index contributed by atoms with van der Waals surface area (Å²) in [7, 11) is 0. The predicted molar refractivity (Wildman–Crippen MR) is 164 cm³/mol. The summed E-state index contributed by atoms with van der Waals surface area (Å²) in [6.45, 7) is 0.756. The van der Waals surface area contributed by atoms with Crippen molar-refractivity contribution in [2.24, 2.45) is 11.7 Å². The molecule has 2 bridgehead atoms. The van der Waals surface area contributed by atoms with Crippen molar-refractivity contribution < 1.29 is 33.1 Å². The van der Waals surface area contributed by atoms with E-state index in [0.717, 1.165) is 12.8 Å². The molecule has 1 aromatic heterocycles. The minimum absolute atomic E-state index is 0.0605. The first-order chi connectivity index (χ1) is 21.8. The quantitative estimate of drug-likeness (QED) is 0.282. The topological polar surface area (TPSA) is 194 Å². The smallest absolute Gasteiger partial charge is 0.243 e. The zero-order valence-corrected chi connectivity index (χ0v) is 25.2. The number of furan rings is 1. The minimum atomic E-state index is -0.983. The van der Waals surface area contributed by atoms with Gasteiger partial charge in [0.05, 0.1) is 26.0 Å². The average molecular weight is 623 g/mol. The molecule has 1 aliphatic carbocycles. The van der Waals surface area contributed by atoms with Crippen LogP contribution in [0.4, 0.5) is 0 Å². The molecule has 1 saturated carbocycles. The number of ether oxygens (including phenoxy) is 1. The van der Waals surface area contributed by atoms with Crippen molar-refractivity contribution in [3.05, 3.63) is 71.7 Å². The van der Waals surface area contributed by atoms with Gasteiger partial charge in [0.25, 0.3) is 0 Å². The highest BCUT2D eigenvalue weighted by Crippen LogP contribution is 2.25. The highest BCUT2D eigenvalue weighted by Gasteiger charge is 2.30. The van der Waals surface area contributed by atoms with E-state index in [1.54, 1.807) is 42.5 Å². The number of hydrogen-bond donors (Lipinski definition) is 6. The molecule has 1 fully saturated rings. The van der Waals surface area contributed by atoms with Crippen molar-refractivity contribution in [2.45, 2.75) is 69.6 Å². The molecule has 3 heterocycles. The summed E-state index contributed by atoms with van der Waals surface area (Å²) < 4.78 is 11.0. The molecule has 2 aliphatic heterocycles. The highest BCUT2D eigenvalue weighted by atomic mass is 16.5. The zero-order chi connectivity index (χ0) is 32.0. The first kappa shape index (κ1) is 33.4. The Morgan fingerprint density at radius 2 is 1.67 bits per heavy atom. The van der Waals surface area contributed by atoms with Crippen LogP contribution in [0.15, 0.2) is 59.2 Å². The maximum Gasteiger partial charge on any atom is 0.243 e. The van der Waals surface area contributed by atoms with E-state index in [1.807, 2.05) is 0 Å². The van der Waals surface area contributed by atoms with Gasteiger partial charge >= 0.3 is 0 Å². The Balaban J connectivity index is 1.47. The second-order valence-electron chi connectivity index (χ2n) is 11.3. The van der Waals surface area contributed by atoms with E-state index < -0.39 is 23.9 Å².